The van der Waals surface area contributed by atoms with E-state index in [9.17, 15) is 0 Å². The second kappa shape index (κ2) is 5.64. The van der Waals surface area contributed by atoms with Gasteiger partial charge in [-0.15, -0.1) is 0 Å². The van der Waals surface area contributed by atoms with Crippen LogP contribution in [-0.2, 0) is 0 Å². The first-order valence-corrected chi connectivity index (χ1v) is 9.76. The summed E-state index contributed by atoms with van der Waals surface area (Å²) < 4.78 is 2.57. The van der Waals surface area contributed by atoms with Crippen LogP contribution in [0.15, 0.2) is 27.1 Å². The summed E-state index contributed by atoms with van der Waals surface area (Å²) in [4.78, 5) is 0. The molecule has 0 N–H and O–H groups in total. The molecule has 0 fully saturated rings. The summed E-state index contributed by atoms with van der Waals surface area (Å²) in [5, 5.41) is 1.57. The first kappa shape index (κ1) is 13.5. The van der Waals surface area contributed by atoms with Gasteiger partial charge in [0.25, 0.3) is 0 Å². The summed E-state index contributed by atoms with van der Waals surface area (Å²) in [6.45, 7) is 7.02. The standard InChI is InChI=1S/C12H18Br2Si/c1-4-15(5-2,6-3)12-10(13)8-7-9-11(12)14/h7-9H,4-6H2,1-3H3. The first-order chi connectivity index (χ1) is 7.11. The maximum absolute atomic E-state index is 3.71. The number of rotatable bonds is 4. The van der Waals surface area contributed by atoms with Crippen molar-refractivity contribution in [2.45, 2.75) is 38.9 Å². The van der Waals surface area contributed by atoms with Gasteiger partial charge in [0.05, 0.1) is 8.07 Å². The average Bonchev–Trinajstić information content (AvgIpc) is 2.24. The molecule has 0 aromatic heterocycles. The molecule has 0 saturated carbocycles. The Morgan fingerprint density at radius 1 is 0.933 bits per heavy atom. The third kappa shape index (κ3) is 2.56. The van der Waals surface area contributed by atoms with Crippen molar-refractivity contribution in [3.63, 3.8) is 0 Å². The van der Waals surface area contributed by atoms with Gasteiger partial charge in [0.1, 0.15) is 0 Å². The topological polar surface area (TPSA) is 0 Å². The molecule has 0 nitrogen and oxygen atoms in total. The van der Waals surface area contributed by atoms with Crippen LogP contribution in [-0.4, -0.2) is 8.07 Å². The van der Waals surface area contributed by atoms with E-state index in [0.29, 0.717) is 0 Å². The Morgan fingerprint density at radius 2 is 1.33 bits per heavy atom. The Labute approximate surface area is 111 Å². The minimum Gasteiger partial charge on any atom is -0.0675 e. The molecule has 1 aromatic rings. The molecule has 0 atom stereocenters. The predicted octanol–water partition coefficient (Wildman–Crippen LogP) is 4.93. The summed E-state index contributed by atoms with van der Waals surface area (Å²) >= 11 is 7.42. The van der Waals surface area contributed by atoms with Crippen LogP contribution >= 0.6 is 31.9 Å². The molecule has 0 heterocycles. The van der Waals surface area contributed by atoms with Crippen LogP contribution in [0.25, 0.3) is 0 Å². The highest BCUT2D eigenvalue weighted by Crippen LogP contribution is 2.27. The van der Waals surface area contributed by atoms with E-state index in [1.807, 2.05) is 0 Å². The Bertz CT molecular complexity index is 304. The molecule has 3 heteroatoms. The van der Waals surface area contributed by atoms with Crippen LogP contribution in [0, 0.1) is 0 Å². The lowest BCUT2D eigenvalue weighted by Gasteiger charge is -2.30. The van der Waals surface area contributed by atoms with Crippen LogP contribution < -0.4 is 5.19 Å². The molecule has 0 unspecified atom stereocenters. The Hall–Kier alpha value is 0.397. The molecule has 0 saturated heterocycles. The third-order valence-corrected chi connectivity index (χ3v) is 11.2. The largest absolute Gasteiger partial charge is 0.0888 e. The SMILES string of the molecule is CC[Si](CC)(CC)c1c(Br)cccc1Br. The Balaban J connectivity index is 3.34. The van der Waals surface area contributed by atoms with Crippen molar-refractivity contribution in [3.8, 4) is 0 Å². The van der Waals surface area contributed by atoms with Crippen LogP contribution in [0.2, 0.25) is 18.1 Å². The highest BCUT2D eigenvalue weighted by molar-refractivity contribution is 9.11. The first-order valence-electron chi connectivity index (χ1n) is 5.55. The van der Waals surface area contributed by atoms with E-state index in [4.69, 9.17) is 0 Å². The third-order valence-electron chi connectivity index (χ3n) is 3.52. The van der Waals surface area contributed by atoms with Crippen molar-refractivity contribution in [2.24, 2.45) is 0 Å². The van der Waals surface area contributed by atoms with E-state index in [2.05, 4.69) is 70.8 Å². The van der Waals surface area contributed by atoms with Gasteiger partial charge in [0, 0.05) is 8.95 Å². The van der Waals surface area contributed by atoms with Gasteiger partial charge in [-0.1, -0.05) is 76.8 Å². The number of hydrogen-bond donors (Lipinski definition) is 0. The number of hydrogen-bond acceptors (Lipinski definition) is 0. The van der Waals surface area contributed by atoms with Gasteiger partial charge in [0.15, 0.2) is 0 Å². The van der Waals surface area contributed by atoms with E-state index in [1.165, 1.54) is 27.1 Å². The summed E-state index contributed by atoms with van der Waals surface area (Å²) in [5.41, 5.74) is 0. The maximum Gasteiger partial charge on any atom is 0.0888 e. The van der Waals surface area contributed by atoms with E-state index in [0.717, 1.165) is 0 Å². The van der Waals surface area contributed by atoms with Crippen LogP contribution in [0.5, 0.6) is 0 Å². The maximum atomic E-state index is 3.71. The predicted molar refractivity (Wildman–Crippen MR) is 78.7 cm³/mol. The lowest BCUT2D eigenvalue weighted by Crippen LogP contribution is -2.47. The lowest BCUT2D eigenvalue weighted by atomic mass is 10.4. The minimum atomic E-state index is -1.28. The highest BCUT2D eigenvalue weighted by atomic mass is 79.9. The van der Waals surface area contributed by atoms with Crippen LogP contribution in [0.4, 0.5) is 0 Å². The fraction of sp³-hybridized carbons (Fsp3) is 0.500. The summed E-state index contributed by atoms with van der Waals surface area (Å²) in [6, 6.07) is 10.4. The summed E-state index contributed by atoms with van der Waals surface area (Å²) in [6.07, 6.45) is 0. The fourth-order valence-electron chi connectivity index (χ4n) is 2.28. The molecule has 0 aliphatic heterocycles. The van der Waals surface area contributed by atoms with Crippen molar-refractivity contribution in [1.29, 1.82) is 0 Å². The number of benzene rings is 1. The van der Waals surface area contributed by atoms with Crippen molar-refractivity contribution in [2.75, 3.05) is 0 Å². The quantitative estimate of drug-likeness (QED) is 0.676. The van der Waals surface area contributed by atoms with E-state index >= 15 is 0 Å². The van der Waals surface area contributed by atoms with E-state index < -0.39 is 8.07 Å². The van der Waals surface area contributed by atoms with E-state index in [1.54, 1.807) is 5.19 Å². The second-order valence-corrected chi connectivity index (χ2v) is 10.8. The van der Waals surface area contributed by atoms with Crippen molar-refractivity contribution < 1.29 is 0 Å². The van der Waals surface area contributed by atoms with Crippen LogP contribution in [0.1, 0.15) is 20.8 Å². The van der Waals surface area contributed by atoms with Gasteiger partial charge in [-0.3, -0.25) is 0 Å². The van der Waals surface area contributed by atoms with Gasteiger partial charge in [-0.2, -0.15) is 0 Å². The van der Waals surface area contributed by atoms with Gasteiger partial charge in [0.2, 0.25) is 0 Å². The lowest BCUT2D eigenvalue weighted by molar-refractivity contribution is 1.19. The fourth-order valence-corrected chi connectivity index (χ4v) is 9.55. The zero-order valence-electron chi connectivity index (χ0n) is 9.61. The molecule has 0 aliphatic rings. The zero-order chi connectivity index (χ0) is 11.5. The monoisotopic (exact) mass is 348 g/mol. The van der Waals surface area contributed by atoms with Crippen molar-refractivity contribution >= 4 is 45.1 Å². The summed E-state index contributed by atoms with van der Waals surface area (Å²) in [7, 11) is -1.28. The minimum absolute atomic E-state index is 1.28. The van der Waals surface area contributed by atoms with Gasteiger partial charge in [-0.25, -0.2) is 0 Å². The van der Waals surface area contributed by atoms with E-state index in [-0.39, 0.29) is 0 Å². The second-order valence-electron chi connectivity index (χ2n) is 3.94. The average molecular weight is 350 g/mol. The molecule has 1 rings (SSSR count). The van der Waals surface area contributed by atoms with Crippen molar-refractivity contribution in [1.82, 2.24) is 0 Å². The van der Waals surface area contributed by atoms with Gasteiger partial charge in [-0.05, 0) is 17.3 Å². The molecule has 0 spiro atoms. The molecule has 0 aliphatic carbocycles. The Morgan fingerprint density at radius 3 is 1.67 bits per heavy atom. The summed E-state index contributed by atoms with van der Waals surface area (Å²) in [5.74, 6) is 0. The number of halogens is 2. The normalized spacial score (nSPS) is 11.8. The zero-order valence-corrected chi connectivity index (χ0v) is 13.8. The smallest absolute Gasteiger partial charge is 0.0675 e. The van der Waals surface area contributed by atoms with Crippen LogP contribution in [0.3, 0.4) is 0 Å². The molecule has 15 heavy (non-hydrogen) atoms. The van der Waals surface area contributed by atoms with Gasteiger partial charge < -0.3 is 0 Å². The molecular formula is C12H18Br2Si. The molecule has 0 radical (unpaired) electrons. The molecule has 84 valence electrons. The molecule has 1 aromatic carbocycles. The Kier molecular flexibility index (Phi) is 5.07. The highest BCUT2D eigenvalue weighted by Gasteiger charge is 2.32. The molecule has 0 amide bonds. The molecule has 0 bridgehead atoms. The van der Waals surface area contributed by atoms with Gasteiger partial charge >= 0.3 is 0 Å². The van der Waals surface area contributed by atoms with Crippen molar-refractivity contribution in [3.05, 3.63) is 27.1 Å². The molecular weight excluding hydrogens is 332 g/mol.